The molecular weight excluding hydrogens is 265 g/mol. The summed E-state index contributed by atoms with van der Waals surface area (Å²) in [6, 6.07) is 13.7. The van der Waals surface area contributed by atoms with Crippen LogP contribution in [0.3, 0.4) is 0 Å². The van der Waals surface area contributed by atoms with E-state index in [-0.39, 0.29) is 16.8 Å². The van der Waals surface area contributed by atoms with Crippen LogP contribution in [0.4, 0.5) is 18.9 Å². The lowest BCUT2D eigenvalue weighted by Gasteiger charge is -2.23. The quantitative estimate of drug-likeness (QED) is 0.908. The van der Waals surface area contributed by atoms with Gasteiger partial charge in [0.05, 0.1) is 11.3 Å². The van der Waals surface area contributed by atoms with Gasteiger partial charge in [0.1, 0.15) is 12.1 Å². The average molecular weight is 276 g/mol. The van der Waals surface area contributed by atoms with Crippen LogP contribution in [0.2, 0.25) is 0 Å². The molecule has 2 aromatic rings. The Balaban J connectivity index is 2.38. The Morgan fingerprint density at radius 2 is 1.55 bits per heavy atom. The summed E-state index contributed by atoms with van der Waals surface area (Å²) in [5.41, 5.74) is 0.451. The molecule has 1 atom stereocenters. The smallest absolute Gasteiger partial charge is 0.369 e. The van der Waals surface area contributed by atoms with Gasteiger partial charge in [0.15, 0.2) is 0 Å². The third-order valence-electron chi connectivity index (χ3n) is 2.81. The van der Waals surface area contributed by atoms with Gasteiger partial charge < -0.3 is 5.32 Å². The first-order chi connectivity index (χ1) is 9.52. The monoisotopic (exact) mass is 276 g/mol. The molecule has 2 rings (SSSR count). The summed E-state index contributed by atoms with van der Waals surface area (Å²) in [7, 11) is 0. The molecule has 0 fully saturated rings. The van der Waals surface area contributed by atoms with Crippen molar-refractivity contribution in [3.63, 3.8) is 0 Å². The highest BCUT2D eigenvalue weighted by atomic mass is 19.4. The molecule has 0 saturated heterocycles. The molecule has 0 heterocycles. The number of anilines is 1. The number of nitrogens with zero attached hydrogens (tertiary/aromatic N) is 1. The fourth-order valence-corrected chi connectivity index (χ4v) is 1.86. The minimum absolute atomic E-state index is 0.104. The van der Waals surface area contributed by atoms with Crippen molar-refractivity contribution in [1.29, 1.82) is 5.26 Å². The van der Waals surface area contributed by atoms with Crippen molar-refractivity contribution in [2.24, 2.45) is 0 Å². The third kappa shape index (κ3) is 3.09. The van der Waals surface area contributed by atoms with Crippen molar-refractivity contribution in [1.82, 2.24) is 0 Å². The van der Waals surface area contributed by atoms with E-state index in [0.29, 0.717) is 0 Å². The maximum Gasteiger partial charge on any atom is 0.412 e. The Morgan fingerprint density at radius 3 is 2.15 bits per heavy atom. The normalized spacial score (nSPS) is 12.5. The highest BCUT2D eigenvalue weighted by Gasteiger charge is 2.41. The Hall–Kier alpha value is -2.48. The molecule has 20 heavy (non-hydrogen) atoms. The number of benzene rings is 2. The number of nitriles is 1. The Kier molecular flexibility index (Phi) is 3.94. The van der Waals surface area contributed by atoms with E-state index in [1.165, 1.54) is 24.3 Å². The van der Waals surface area contributed by atoms with E-state index in [2.05, 4.69) is 5.32 Å². The number of rotatable bonds is 3. The number of nitrogens with one attached hydrogen (secondary N) is 1. The minimum atomic E-state index is -4.45. The van der Waals surface area contributed by atoms with Crippen LogP contribution < -0.4 is 5.32 Å². The molecule has 0 aliphatic heterocycles. The molecule has 0 radical (unpaired) electrons. The van der Waals surface area contributed by atoms with Gasteiger partial charge in [-0.2, -0.15) is 18.4 Å². The van der Waals surface area contributed by atoms with E-state index in [1.54, 1.807) is 30.3 Å². The predicted octanol–water partition coefficient (Wildman–Crippen LogP) is 4.27. The zero-order valence-corrected chi connectivity index (χ0v) is 10.4. The van der Waals surface area contributed by atoms with Crippen molar-refractivity contribution in [3.05, 3.63) is 65.7 Å². The van der Waals surface area contributed by atoms with Crippen LogP contribution in [-0.4, -0.2) is 6.18 Å². The summed E-state index contributed by atoms with van der Waals surface area (Å²) < 4.78 is 39.5. The second-order valence-corrected chi connectivity index (χ2v) is 4.19. The van der Waals surface area contributed by atoms with Gasteiger partial charge in [-0.25, -0.2) is 0 Å². The number of alkyl halides is 3. The first-order valence-electron chi connectivity index (χ1n) is 5.89. The molecule has 1 N–H and O–H groups in total. The molecule has 2 nitrogen and oxygen atoms in total. The summed E-state index contributed by atoms with van der Waals surface area (Å²) >= 11 is 0. The van der Waals surface area contributed by atoms with Crippen molar-refractivity contribution >= 4 is 5.69 Å². The van der Waals surface area contributed by atoms with E-state index in [1.807, 2.05) is 6.07 Å². The van der Waals surface area contributed by atoms with E-state index < -0.39 is 12.2 Å². The van der Waals surface area contributed by atoms with Gasteiger partial charge in [-0.15, -0.1) is 0 Å². The first-order valence-corrected chi connectivity index (χ1v) is 5.89. The first kappa shape index (κ1) is 13.9. The van der Waals surface area contributed by atoms with Crippen molar-refractivity contribution < 1.29 is 13.2 Å². The van der Waals surface area contributed by atoms with Crippen molar-refractivity contribution in [3.8, 4) is 6.07 Å². The summed E-state index contributed by atoms with van der Waals surface area (Å²) in [5, 5.41) is 11.3. The van der Waals surface area contributed by atoms with Gasteiger partial charge in [0.2, 0.25) is 0 Å². The highest BCUT2D eigenvalue weighted by Crippen LogP contribution is 2.36. The van der Waals surface area contributed by atoms with Crippen molar-refractivity contribution in [2.75, 3.05) is 5.32 Å². The lowest BCUT2D eigenvalue weighted by atomic mass is 10.1. The van der Waals surface area contributed by atoms with Gasteiger partial charge in [-0.1, -0.05) is 42.5 Å². The SMILES string of the molecule is N#Cc1ccccc1NC(c1ccccc1)C(F)(F)F. The van der Waals surface area contributed by atoms with E-state index >= 15 is 0 Å². The zero-order chi connectivity index (χ0) is 14.6. The highest BCUT2D eigenvalue weighted by molar-refractivity contribution is 5.58. The topological polar surface area (TPSA) is 35.8 Å². The number of hydrogen-bond acceptors (Lipinski definition) is 2. The summed E-state index contributed by atoms with van der Waals surface area (Å²) in [4.78, 5) is 0. The van der Waals surface area contributed by atoms with Gasteiger partial charge in [-0.3, -0.25) is 0 Å². The number of halogens is 3. The van der Waals surface area contributed by atoms with Gasteiger partial charge in [0, 0.05) is 0 Å². The van der Waals surface area contributed by atoms with Gasteiger partial charge >= 0.3 is 6.18 Å². The van der Waals surface area contributed by atoms with E-state index in [4.69, 9.17) is 5.26 Å². The van der Waals surface area contributed by atoms with Gasteiger partial charge in [0.25, 0.3) is 0 Å². The van der Waals surface area contributed by atoms with Crippen LogP contribution in [0, 0.1) is 11.3 Å². The molecule has 2 aromatic carbocycles. The molecule has 0 amide bonds. The third-order valence-corrected chi connectivity index (χ3v) is 2.81. The Morgan fingerprint density at radius 1 is 0.950 bits per heavy atom. The summed E-state index contributed by atoms with van der Waals surface area (Å²) in [5.74, 6) is 0. The molecule has 0 saturated carbocycles. The van der Waals surface area contributed by atoms with E-state index in [9.17, 15) is 13.2 Å². The van der Waals surface area contributed by atoms with Crippen LogP contribution >= 0.6 is 0 Å². The van der Waals surface area contributed by atoms with Crippen LogP contribution in [0.15, 0.2) is 54.6 Å². The fourth-order valence-electron chi connectivity index (χ4n) is 1.86. The van der Waals surface area contributed by atoms with Crippen LogP contribution in [0.25, 0.3) is 0 Å². The van der Waals surface area contributed by atoms with Crippen LogP contribution in [0.1, 0.15) is 17.2 Å². The van der Waals surface area contributed by atoms with Crippen LogP contribution in [0.5, 0.6) is 0 Å². The fraction of sp³-hybridized carbons (Fsp3) is 0.133. The molecule has 0 aromatic heterocycles. The zero-order valence-electron chi connectivity index (χ0n) is 10.4. The number of para-hydroxylation sites is 1. The maximum atomic E-state index is 13.2. The minimum Gasteiger partial charge on any atom is -0.369 e. The molecule has 102 valence electrons. The number of hydrogen-bond donors (Lipinski definition) is 1. The van der Waals surface area contributed by atoms with Crippen molar-refractivity contribution in [2.45, 2.75) is 12.2 Å². The molecule has 5 heteroatoms. The predicted molar refractivity (Wildman–Crippen MR) is 70.0 cm³/mol. The van der Waals surface area contributed by atoms with Crippen LogP contribution in [-0.2, 0) is 0 Å². The Labute approximate surface area is 114 Å². The average Bonchev–Trinajstić information content (AvgIpc) is 2.45. The molecular formula is C15H11F3N2. The second kappa shape index (κ2) is 5.66. The standard InChI is InChI=1S/C15H11F3N2/c16-15(17,18)14(11-6-2-1-3-7-11)20-13-9-5-4-8-12(13)10-19/h1-9,14,20H. The molecule has 0 aliphatic rings. The molecule has 1 unspecified atom stereocenters. The molecule has 0 spiro atoms. The summed E-state index contributed by atoms with van der Waals surface area (Å²) in [6.07, 6.45) is -4.45. The van der Waals surface area contributed by atoms with Gasteiger partial charge in [-0.05, 0) is 17.7 Å². The second-order valence-electron chi connectivity index (χ2n) is 4.19. The maximum absolute atomic E-state index is 13.2. The lowest BCUT2D eigenvalue weighted by molar-refractivity contribution is -0.144. The lowest BCUT2D eigenvalue weighted by Crippen LogP contribution is -2.28. The molecule has 0 aliphatic carbocycles. The summed E-state index contributed by atoms with van der Waals surface area (Å²) in [6.45, 7) is 0. The largest absolute Gasteiger partial charge is 0.412 e. The Bertz CT molecular complexity index is 615. The molecule has 0 bridgehead atoms. The van der Waals surface area contributed by atoms with E-state index in [0.717, 1.165) is 0 Å².